The van der Waals surface area contributed by atoms with Crippen molar-refractivity contribution in [3.05, 3.63) is 0 Å². The Kier molecular flexibility index (Phi) is 5.17. The molecule has 17 heavy (non-hydrogen) atoms. The maximum absolute atomic E-state index is 11.4. The molecule has 0 aromatic heterocycles. The third-order valence-corrected chi connectivity index (χ3v) is 2.70. The molecule has 0 aromatic rings. The van der Waals surface area contributed by atoms with Crippen LogP contribution in [0.2, 0.25) is 0 Å². The third kappa shape index (κ3) is 5.01. The van der Waals surface area contributed by atoms with Gasteiger partial charge in [-0.05, 0) is 26.4 Å². The molecule has 1 aliphatic heterocycles. The van der Waals surface area contributed by atoms with Crippen LogP contribution in [-0.4, -0.2) is 65.9 Å². The number of likely N-dealkylation sites (tertiary alicyclic amines) is 1. The van der Waals surface area contributed by atoms with E-state index in [1.807, 2.05) is 7.05 Å². The number of carboxylic acid groups (broad SMARTS) is 1. The maximum Gasteiger partial charge on any atom is 0.334 e. The van der Waals surface area contributed by atoms with E-state index in [0.717, 1.165) is 25.9 Å². The first-order chi connectivity index (χ1) is 7.99. The zero-order valence-corrected chi connectivity index (χ0v) is 9.85. The zero-order chi connectivity index (χ0) is 12.8. The molecule has 1 aliphatic rings. The molecular formula is C10H19N3O4. The number of carboxylic acids is 1. The van der Waals surface area contributed by atoms with Crippen molar-refractivity contribution in [2.75, 3.05) is 26.7 Å². The Morgan fingerprint density at radius 3 is 2.82 bits per heavy atom. The molecule has 1 rings (SSSR count). The van der Waals surface area contributed by atoms with Crippen molar-refractivity contribution < 1.29 is 19.8 Å². The second-order valence-corrected chi connectivity index (χ2v) is 4.31. The average molecular weight is 245 g/mol. The van der Waals surface area contributed by atoms with Crippen LogP contribution < -0.4 is 10.6 Å². The fourth-order valence-corrected chi connectivity index (χ4v) is 1.80. The Morgan fingerprint density at radius 1 is 1.53 bits per heavy atom. The number of rotatable bonds is 4. The molecule has 0 saturated carbocycles. The van der Waals surface area contributed by atoms with Crippen LogP contribution in [0.25, 0.3) is 0 Å². The van der Waals surface area contributed by atoms with Gasteiger partial charge in [0.15, 0.2) is 6.10 Å². The summed E-state index contributed by atoms with van der Waals surface area (Å²) in [5.74, 6) is -1.34. The molecule has 0 aliphatic carbocycles. The molecule has 0 aromatic carbocycles. The van der Waals surface area contributed by atoms with Gasteiger partial charge in [-0.1, -0.05) is 0 Å². The van der Waals surface area contributed by atoms with E-state index >= 15 is 0 Å². The summed E-state index contributed by atoms with van der Waals surface area (Å²) in [6, 6.07) is -0.360. The number of aliphatic carboxylic acids is 1. The highest BCUT2D eigenvalue weighted by molar-refractivity contribution is 5.76. The number of urea groups is 1. The lowest BCUT2D eigenvalue weighted by atomic mass is 10.1. The van der Waals surface area contributed by atoms with Gasteiger partial charge in [0.2, 0.25) is 0 Å². The number of amides is 2. The molecule has 0 bridgehead atoms. The quantitative estimate of drug-likeness (QED) is 0.499. The number of carbonyl (C=O) groups excluding carboxylic acids is 1. The monoisotopic (exact) mass is 245 g/mol. The number of nitrogens with one attached hydrogen (secondary N) is 2. The molecule has 4 N–H and O–H groups in total. The molecule has 0 spiro atoms. The van der Waals surface area contributed by atoms with Crippen molar-refractivity contribution in [1.82, 2.24) is 15.5 Å². The van der Waals surface area contributed by atoms with E-state index in [0.29, 0.717) is 0 Å². The predicted octanol–water partition coefficient (Wildman–Crippen LogP) is -1.17. The number of carbonyl (C=O) groups is 2. The minimum atomic E-state index is -1.56. The summed E-state index contributed by atoms with van der Waals surface area (Å²) >= 11 is 0. The second kappa shape index (κ2) is 6.41. The van der Waals surface area contributed by atoms with Crippen LogP contribution in [0.4, 0.5) is 4.79 Å². The SMILES string of the molecule is CN1CCCC(NC(=O)NCC(O)C(=O)O)C1. The van der Waals surface area contributed by atoms with Crippen molar-refractivity contribution in [2.24, 2.45) is 0 Å². The molecule has 1 saturated heterocycles. The van der Waals surface area contributed by atoms with E-state index in [9.17, 15) is 9.59 Å². The number of hydrogen-bond acceptors (Lipinski definition) is 4. The largest absolute Gasteiger partial charge is 0.479 e. The minimum Gasteiger partial charge on any atom is -0.479 e. The molecule has 7 heteroatoms. The third-order valence-electron chi connectivity index (χ3n) is 2.70. The Bertz CT molecular complexity index is 285. The van der Waals surface area contributed by atoms with E-state index in [-0.39, 0.29) is 12.6 Å². The average Bonchev–Trinajstić information content (AvgIpc) is 2.25. The van der Waals surface area contributed by atoms with Gasteiger partial charge < -0.3 is 25.7 Å². The standard InChI is InChI=1S/C10H19N3O4/c1-13-4-2-3-7(6-13)12-10(17)11-5-8(14)9(15)16/h7-8,14H,2-6H2,1H3,(H,15,16)(H2,11,12,17). The minimum absolute atomic E-state index is 0.0794. The Labute approximate surface area is 99.8 Å². The molecule has 2 amide bonds. The first-order valence-corrected chi connectivity index (χ1v) is 5.63. The van der Waals surface area contributed by atoms with Crippen LogP contribution in [0.5, 0.6) is 0 Å². The number of likely N-dealkylation sites (N-methyl/N-ethyl adjacent to an activating group) is 1. The Hall–Kier alpha value is -1.34. The van der Waals surface area contributed by atoms with Gasteiger partial charge in [-0.25, -0.2) is 9.59 Å². The van der Waals surface area contributed by atoms with Crippen LogP contribution in [0.1, 0.15) is 12.8 Å². The highest BCUT2D eigenvalue weighted by atomic mass is 16.4. The smallest absolute Gasteiger partial charge is 0.334 e. The van der Waals surface area contributed by atoms with Gasteiger partial charge >= 0.3 is 12.0 Å². The summed E-state index contributed by atoms with van der Waals surface area (Å²) in [4.78, 5) is 23.8. The highest BCUT2D eigenvalue weighted by Gasteiger charge is 2.20. The first kappa shape index (κ1) is 13.7. The van der Waals surface area contributed by atoms with E-state index < -0.39 is 18.1 Å². The fraction of sp³-hybridized carbons (Fsp3) is 0.800. The molecule has 7 nitrogen and oxygen atoms in total. The van der Waals surface area contributed by atoms with Gasteiger partial charge in [0.05, 0.1) is 6.54 Å². The summed E-state index contributed by atoms with van der Waals surface area (Å²) in [6.45, 7) is 1.52. The summed E-state index contributed by atoms with van der Waals surface area (Å²) in [7, 11) is 1.99. The number of nitrogens with zero attached hydrogens (tertiary/aromatic N) is 1. The number of aliphatic hydroxyl groups is 1. The van der Waals surface area contributed by atoms with Crippen LogP contribution in [0.3, 0.4) is 0 Å². The molecule has 2 unspecified atom stereocenters. The Morgan fingerprint density at radius 2 is 2.24 bits per heavy atom. The molecule has 1 fully saturated rings. The molecule has 1 heterocycles. The van der Waals surface area contributed by atoms with Crippen molar-refractivity contribution in [3.8, 4) is 0 Å². The first-order valence-electron chi connectivity index (χ1n) is 5.63. The number of piperidine rings is 1. The molecular weight excluding hydrogens is 226 g/mol. The topological polar surface area (TPSA) is 102 Å². The van der Waals surface area contributed by atoms with E-state index in [2.05, 4.69) is 15.5 Å². The van der Waals surface area contributed by atoms with Crippen molar-refractivity contribution in [1.29, 1.82) is 0 Å². The molecule has 0 radical (unpaired) electrons. The van der Waals surface area contributed by atoms with E-state index in [1.54, 1.807) is 0 Å². The van der Waals surface area contributed by atoms with E-state index in [1.165, 1.54) is 0 Å². The molecule has 98 valence electrons. The second-order valence-electron chi connectivity index (χ2n) is 4.31. The van der Waals surface area contributed by atoms with Crippen LogP contribution in [0, 0.1) is 0 Å². The highest BCUT2D eigenvalue weighted by Crippen LogP contribution is 2.07. The lowest BCUT2D eigenvalue weighted by Crippen LogP contribution is -2.51. The van der Waals surface area contributed by atoms with Crippen LogP contribution >= 0.6 is 0 Å². The van der Waals surface area contributed by atoms with Crippen LogP contribution in [-0.2, 0) is 4.79 Å². The molecule has 2 atom stereocenters. The normalized spacial score (nSPS) is 22.8. The van der Waals surface area contributed by atoms with Crippen molar-refractivity contribution in [3.63, 3.8) is 0 Å². The lowest BCUT2D eigenvalue weighted by Gasteiger charge is -2.30. The fourth-order valence-electron chi connectivity index (χ4n) is 1.80. The van der Waals surface area contributed by atoms with Gasteiger partial charge in [0.25, 0.3) is 0 Å². The van der Waals surface area contributed by atoms with Crippen molar-refractivity contribution in [2.45, 2.75) is 25.0 Å². The lowest BCUT2D eigenvalue weighted by molar-refractivity contribution is -0.146. The number of aliphatic hydroxyl groups excluding tert-OH is 1. The van der Waals surface area contributed by atoms with Gasteiger partial charge in [0, 0.05) is 12.6 Å². The van der Waals surface area contributed by atoms with E-state index in [4.69, 9.17) is 10.2 Å². The van der Waals surface area contributed by atoms with Gasteiger partial charge in [0.1, 0.15) is 0 Å². The van der Waals surface area contributed by atoms with Gasteiger partial charge in [-0.3, -0.25) is 0 Å². The van der Waals surface area contributed by atoms with Crippen molar-refractivity contribution >= 4 is 12.0 Å². The van der Waals surface area contributed by atoms with Gasteiger partial charge in [-0.2, -0.15) is 0 Å². The zero-order valence-electron chi connectivity index (χ0n) is 9.85. The number of hydrogen-bond donors (Lipinski definition) is 4. The summed E-state index contributed by atoms with van der Waals surface area (Å²) in [5.41, 5.74) is 0. The summed E-state index contributed by atoms with van der Waals surface area (Å²) < 4.78 is 0. The predicted molar refractivity (Wildman–Crippen MR) is 60.7 cm³/mol. The van der Waals surface area contributed by atoms with Crippen LogP contribution in [0.15, 0.2) is 0 Å². The maximum atomic E-state index is 11.4. The summed E-state index contributed by atoms with van der Waals surface area (Å²) in [6.07, 6.45) is 0.383. The Balaban J connectivity index is 2.22. The van der Waals surface area contributed by atoms with Gasteiger partial charge in [-0.15, -0.1) is 0 Å². The summed E-state index contributed by atoms with van der Waals surface area (Å²) in [5, 5.41) is 22.5.